The van der Waals surface area contributed by atoms with Gasteiger partial charge in [-0.05, 0) is 60.8 Å². The average molecular weight is 484 g/mol. The van der Waals surface area contributed by atoms with Crippen LogP contribution in [-0.4, -0.2) is 46.7 Å². The van der Waals surface area contributed by atoms with Crippen molar-refractivity contribution in [1.82, 2.24) is 9.88 Å². The molecule has 4 rings (SSSR count). The Labute approximate surface area is 202 Å². The number of likely N-dealkylation sites (tertiary alicyclic amines) is 1. The Hall–Kier alpha value is -3.56. The van der Waals surface area contributed by atoms with E-state index in [1.54, 1.807) is 18.2 Å². The van der Waals surface area contributed by atoms with Crippen LogP contribution in [-0.2, 0) is 11.3 Å². The molecule has 3 N–H and O–H groups in total. The third kappa shape index (κ3) is 6.32. The lowest BCUT2D eigenvalue weighted by Gasteiger charge is -2.19. The monoisotopic (exact) mass is 483 g/mol. The number of aromatic nitrogens is 1. The summed E-state index contributed by atoms with van der Waals surface area (Å²) in [6.07, 6.45) is 0.947. The molecule has 0 radical (unpaired) electrons. The van der Waals surface area contributed by atoms with Gasteiger partial charge in [-0.3, -0.25) is 0 Å². The average Bonchev–Trinajstić information content (AvgIpc) is 3.38. The number of aliphatic carboxylic acids is 1. The number of ether oxygens (including phenoxy) is 2. The first-order chi connectivity index (χ1) is 16.9. The molecule has 1 aliphatic rings. The molecule has 1 aromatic heterocycles. The van der Waals surface area contributed by atoms with Crippen LogP contribution in [0.4, 0.5) is 8.78 Å². The molecule has 0 amide bonds. The van der Waals surface area contributed by atoms with Crippen molar-refractivity contribution in [2.45, 2.75) is 31.9 Å². The van der Waals surface area contributed by atoms with E-state index in [9.17, 15) is 18.7 Å². The highest BCUT2D eigenvalue weighted by atomic mass is 19.1. The van der Waals surface area contributed by atoms with Crippen LogP contribution in [0.2, 0.25) is 0 Å². The fourth-order valence-corrected chi connectivity index (χ4v) is 3.99. The van der Waals surface area contributed by atoms with Crippen molar-refractivity contribution in [3.63, 3.8) is 0 Å². The predicted molar refractivity (Wildman–Crippen MR) is 126 cm³/mol. The number of benzene rings is 2. The Balaban J connectivity index is 1.52. The largest absolute Gasteiger partial charge is 0.479 e. The van der Waals surface area contributed by atoms with Crippen LogP contribution in [0.25, 0.3) is 11.1 Å². The third-order valence-corrected chi connectivity index (χ3v) is 5.85. The SMILES string of the molecule is NCc1cccc(-c2cccc(Oc3nc(OC(CCN4CCCC4)C(=O)O)c(F)cc3F)c2)c1. The zero-order chi connectivity index (χ0) is 24.8. The number of carboxylic acids is 1. The number of pyridine rings is 1. The minimum Gasteiger partial charge on any atom is -0.479 e. The molecule has 1 saturated heterocycles. The summed E-state index contributed by atoms with van der Waals surface area (Å²) in [4.78, 5) is 17.6. The van der Waals surface area contributed by atoms with Crippen LogP contribution >= 0.6 is 0 Å². The molecule has 0 bridgehead atoms. The number of nitrogens with zero attached hydrogens (tertiary/aromatic N) is 2. The van der Waals surface area contributed by atoms with Gasteiger partial charge < -0.3 is 25.2 Å². The zero-order valence-electron chi connectivity index (χ0n) is 19.1. The lowest BCUT2D eigenvalue weighted by atomic mass is 10.0. The Bertz CT molecular complexity index is 1190. The van der Waals surface area contributed by atoms with Gasteiger partial charge in [0.25, 0.3) is 11.8 Å². The van der Waals surface area contributed by atoms with Gasteiger partial charge in [0.2, 0.25) is 0 Å². The third-order valence-electron chi connectivity index (χ3n) is 5.85. The highest BCUT2D eigenvalue weighted by molar-refractivity contribution is 5.72. The molecule has 3 aromatic rings. The number of hydrogen-bond acceptors (Lipinski definition) is 6. The minimum absolute atomic E-state index is 0.147. The summed E-state index contributed by atoms with van der Waals surface area (Å²) < 4.78 is 39.8. The van der Waals surface area contributed by atoms with Crippen LogP contribution in [0, 0.1) is 11.6 Å². The van der Waals surface area contributed by atoms with Crippen LogP contribution in [0.5, 0.6) is 17.5 Å². The molecule has 35 heavy (non-hydrogen) atoms. The van der Waals surface area contributed by atoms with Crippen molar-refractivity contribution in [2.75, 3.05) is 19.6 Å². The van der Waals surface area contributed by atoms with E-state index in [1.165, 1.54) is 0 Å². The van der Waals surface area contributed by atoms with E-state index in [0.717, 1.165) is 42.6 Å². The zero-order valence-corrected chi connectivity index (χ0v) is 19.1. The van der Waals surface area contributed by atoms with Gasteiger partial charge in [0.1, 0.15) is 5.75 Å². The topological polar surface area (TPSA) is 97.9 Å². The smallest absolute Gasteiger partial charge is 0.345 e. The van der Waals surface area contributed by atoms with Crippen LogP contribution in [0.1, 0.15) is 24.8 Å². The number of rotatable bonds is 10. The predicted octanol–water partition coefficient (Wildman–Crippen LogP) is 4.60. The fraction of sp³-hybridized carbons (Fsp3) is 0.308. The van der Waals surface area contributed by atoms with Crippen molar-refractivity contribution in [3.8, 4) is 28.6 Å². The first kappa shape index (κ1) is 24.6. The summed E-state index contributed by atoms with van der Waals surface area (Å²) in [6.45, 7) is 2.68. The lowest BCUT2D eigenvalue weighted by Crippen LogP contribution is -2.33. The van der Waals surface area contributed by atoms with E-state index in [-0.39, 0.29) is 12.2 Å². The second-order valence-corrected chi connectivity index (χ2v) is 8.38. The lowest BCUT2D eigenvalue weighted by molar-refractivity contribution is -0.145. The number of hydrogen-bond donors (Lipinski definition) is 2. The van der Waals surface area contributed by atoms with Gasteiger partial charge in [-0.25, -0.2) is 13.6 Å². The van der Waals surface area contributed by atoms with Gasteiger partial charge in [-0.1, -0.05) is 30.3 Å². The molecule has 0 spiro atoms. The van der Waals surface area contributed by atoms with Crippen LogP contribution in [0.15, 0.2) is 54.6 Å². The first-order valence-electron chi connectivity index (χ1n) is 11.5. The standard InChI is InChI=1S/C26H27F2N3O4/c27-21-15-22(28)25(35-23(26(32)33)9-12-31-10-1-2-11-31)30-24(21)34-20-8-4-7-19(14-20)18-6-3-5-17(13-18)16-29/h3-8,13-15,23H,1-2,9-12,16,29H2,(H,32,33). The van der Waals surface area contributed by atoms with E-state index in [1.807, 2.05) is 30.3 Å². The molecule has 2 aromatic carbocycles. The van der Waals surface area contributed by atoms with Gasteiger partial charge in [-0.15, -0.1) is 0 Å². The molecule has 7 nitrogen and oxygen atoms in total. The molecular formula is C26H27F2N3O4. The maximum Gasteiger partial charge on any atom is 0.345 e. The highest BCUT2D eigenvalue weighted by Crippen LogP contribution is 2.31. The summed E-state index contributed by atoms with van der Waals surface area (Å²) in [6, 6.07) is 15.1. The molecule has 0 saturated carbocycles. The molecule has 1 fully saturated rings. The van der Waals surface area contributed by atoms with Gasteiger partial charge in [0.05, 0.1) is 0 Å². The Morgan fingerprint density at radius 1 is 1.03 bits per heavy atom. The number of carboxylic acid groups (broad SMARTS) is 1. The molecule has 1 aliphatic heterocycles. The van der Waals surface area contributed by atoms with Crippen molar-refractivity contribution in [2.24, 2.45) is 5.73 Å². The van der Waals surface area contributed by atoms with Gasteiger partial charge in [0.15, 0.2) is 17.7 Å². The quantitative estimate of drug-likeness (QED) is 0.435. The summed E-state index contributed by atoms with van der Waals surface area (Å²) >= 11 is 0. The van der Waals surface area contributed by atoms with Crippen molar-refractivity contribution >= 4 is 5.97 Å². The normalized spacial score (nSPS) is 14.6. The molecule has 1 atom stereocenters. The van der Waals surface area contributed by atoms with E-state index >= 15 is 0 Å². The Kier molecular flexibility index (Phi) is 7.89. The maximum absolute atomic E-state index is 14.5. The van der Waals surface area contributed by atoms with Crippen LogP contribution in [0.3, 0.4) is 0 Å². The van der Waals surface area contributed by atoms with E-state index in [0.29, 0.717) is 19.2 Å². The molecule has 2 heterocycles. The maximum atomic E-state index is 14.5. The van der Waals surface area contributed by atoms with Gasteiger partial charge in [-0.2, -0.15) is 4.98 Å². The van der Waals surface area contributed by atoms with Crippen molar-refractivity contribution < 1.29 is 28.2 Å². The number of nitrogens with two attached hydrogens (primary N) is 1. The van der Waals surface area contributed by atoms with Gasteiger partial charge >= 0.3 is 5.97 Å². The van der Waals surface area contributed by atoms with Crippen molar-refractivity contribution in [3.05, 3.63) is 71.8 Å². The summed E-state index contributed by atoms with van der Waals surface area (Å²) in [5.41, 5.74) is 8.39. The Morgan fingerprint density at radius 2 is 1.71 bits per heavy atom. The summed E-state index contributed by atoms with van der Waals surface area (Å²) in [5.74, 6) is -4.25. The van der Waals surface area contributed by atoms with Gasteiger partial charge in [0, 0.05) is 25.6 Å². The van der Waals surface area contributed by atoms with Crippen LogP contribution < -0.4 is 15.2 Å². The molecule has 0 aliphatic carbocycles. The van der Waals surface area contributed by atoms with E-state index in [4.69, 9.17) is 15.2 Å². The molecule has 1 unspecified atom stereocenters. The summed E-state index contributed by atoms with van der Waals surface area (Å²) in [7, 11) is 0. The number of carbonyl (C=O) groups is 1. The highest BCUT2D eigenvalue weighted by Gasteiger charge is 2.25. The second kappa shape index (κ2) is 11.2. The first-order valence-corrected chi connectivity index (χ1v) is 11.5. The fourth-order valence-electron chi connectivity index (χ4n) is 3.99. The molecule has 9 heteroatoms. The minimum atomic E-state index is -1.32. The van der Waals surface area contributed by atoms with Crippen molar-refractivity contribution in [1.29, 1.82) is 0 Å². The van der Waals surface area contributed by atoms with E-state index < -0.39 is 35.5 Å². The second-order valence-electron chi connectivity index (χ2n) is 8.38. The number of halogens is 2. The molecular weight excluding hydrogens is 456 g/mol. The van der Waals surface area contributed by atoms with E-state index in [2.05, 4.69) is 9.88 Å². The summed E-state index contributed by atoms with van der Waals surface area (Å²) in [5, 5.41) is 9.53. The molecule has 184 valence electrons. The Morgan fingerprint density at radius 3 is 2.43 bits per heavy atom.